The van der Waals surface area contributed by atoms with Crippen LogP contribution in [0.2, 0.25) is 5.02 Å². The Balaban J connectivity index is 1.91. The van der Waals surface area contributed by atoms with Gasteiger partial charge in [-0.05, 0) is 73.5 Å². The van der Waals surface area contributed by atoms with Crippen LogP contribution in [0.15, 0.2) is 64.0 Å². The number of carbonyl (C=O) groups excluding carboxylic acids is 1. The number of amides is 1. The zero-order valence-electron chi connectivity index (χ0n) is 16.0. The van der Waals surface area contributed by atoms with Crippen LogP contribution >= 0.6 is 27.5 Å². The van der Waals surface area contributed by atoms with E-state index in [1.807, 2.05) is 19.9 Å². The normalized spacial score (nSPS) is 11.2. The fourth-order valence-electron chi connectivity index (χ4n) is 2.88. The van der Waals surface area contributed by atoms with Gasteiger partial charge in [-0.25, -0.2) is 12.8 Å². The molecule has 0 aliphatic carbocycles. The molecular formula is C21H17BrClFN2O3S. The smallest absolute Gasteiger partial charge is 0.263 e. The fraction of sp³-hybridized carbons (Fsp3) is 0.0952. The minimum atomic E-state index is -4.06. The summed E-state index contributed by atoms with van der Waals surface area (Å²) in [6.45, 7) is 3.70. The van der Waals surface area contributed by atoms with Crippen molar-refractivity contribution < 1.29 is 17.6 Å². The molecule has 5 nitrogen and oxygen atoms in total. The molecule has 0 fully saturated rings. The van der Waals surface area contributed by atoms with Crippen molar-refractivity contribution in [1.82, 2.24) is 0 Å². The Bertz CT molecular complexity index is 1230. The summed E-state index contributed by atoms with van der Waals surface area (Å²) in [5.74, 6) is -1.30. The number of sulfonamides is 1. The molecule has 0 saturated carbocycles. The van der Waals surface area contributed by atoms with Gasteiger partial charge in [0, 0.05) is 15.7 Å². The predicted molar refractivity (Wildman–Crippen MR) is 120 cm³/mol. The van der Waals surface area contributed by atoms with Crippen LogP contribution in [0.4, 0.5) is 15.8 Å². The SMILES string of the molecule is Cc1cc(C)cc(NS(=O)(=O)c2cc(C(=O)Nc3ccc(Br)cc3F)ccc2Cl)c1. The molecule has 30 heavy (non-hydrogen) atoms. The van der Waals surface area contributed by atoms with Crippen molar-refractivity contribution in [1.29, 1.82) is 0 Å². The lowest BCUT2D eigenvalue weighted by Crippen LogP contribution is -2.17. The van der Waals surface area contributed by atoms with Crippen molar-refractivity contribution in [2.45, 2.75) is 18.7 Å². The molecule has 3 aromatic carbocycles. The highest BCUT2D eigenvalue weighted by molar-refractivity contribution is 9.10. The molecular weight excluding hydrogens is 495 g/mol. The van der Waals surface area contributed by atoms with E-state index in [9.17, 15) is 17.6 Å². The first-order valence-electron chi connectivity index (χ1n) is 8.72. The molecule has 0 saturated heterocycles. The van der Waals surface area contributed by atoms with Crippen LogP contribution in [0.25, 0.3) is 0 Å². The van der Waals surface area contributed by atoms with E-state index in [-0.39, 0.29) is 21.2 Å². The highest BCUT2D eigenvalue weighted by atomic mass is 79.9. The molecule has 0 atom stereocenters. The maximum absolute atomic E-state index is 14.0. The predicted octanol–water partition coefficient (Wildman–Crippen LogP) is 5.91. The summed E-state index contributed by atoms with van der Waals surface area (Å²) in [4.78, 5) is 12.3. The van der Waals surface area contributed by atoms with E-state index >= 15 is 0 Å². The molecule has 0 spiro atoms. The molecule has 2 N–H and O–H groups in total. The van der Waals surface area contributed by atoms with Gasteiger partial charge in [0.25, 0.3) is 15.9 Å². The number of nitrogens with one attached hydrogen (secondary N) is 2. The van der Waals surface area contributed by atoms with Crippen LogP contribution in [0.5, 0.6) is 0 Å². The fourth-order valence-corrected chi connectivity index (χ4v) is 4.78. The number of benzene rings is 3. The Morgan fingerprint density at radius 1 is 1.00 bits per heavy atom. The van der Waals surface area contributed by atoms with Crippen LogP contribution in [0, 0.1) is 19.7 Å². The van der Waals surface area contributed by atoms with E-state index in [1.165, 1.54) is 24.3 Å². The largest absolute Gasteiger partial charge is 0.319 e. The Labute approximate surface area is 187 Å². The number of hydrogen-bond acceptors (Lipinski definition) is 3. The first kappa shape index (κ1) is 22.3. The molecule has 9 heteroatoms. The van der Waals surface area contributed by atoms with Crippen molar-refractivity contribution in [3.63, 3.8) is 0 Å². The average Bonchev–Trinajstić information content (AvgIpc) is 2.62. The highest BCUT2D eigenvalue weighted by Gasteiger charge is 2.21. The second kappa shape index (κ2) is 8.75. The number of halogens is 3. The summed E-state index contributed by atoms with van der Waals surface area (Å²) < 4.78 is 42.8. The third kappa shape index (κ3) is 5.19. The van der Waals surface area contributed by atoms with Crippen LogP contribution in [0.1, 0.15) is 21.5 Å². The van der Waals surface area contributed by atoms with Gasteiger partial charge in [0.1, 0.15) is 10.7 Å². The van der Waals surface area contributed by atoms with Crippen LogP contribution in [-0.4, -0.2) is 14.3 Å². The minimum absolute atomic E-state index is 0.0162. The maximum Gasteiger partial charge on any atom is 0.263 e. The highest BCUT2D eigenvalue weighted by Crippen LogP contribution is 2.27. The standard InChI is InChI=1S/C21H17BrClFN2O3S/c1-12-7-13(2)9-16(8-12)26-30(28,29)20-10-14(3-5-17(20)23)21(27)25-19-6-4-15(22)11-18(19)24/h3-11,26H,1-2H3,(H,25,27). The molecule has 0 unspecified atom stereocenters. The Morgan fingerprint density at radius 3 is 2.30 bits per heavy atom. The number of anilines is 2. The van der Waals surface area contributed by atoms with E-state index in [0.717, 1.165) is 17.2 Å². The maximum atomic E-state index is 14.0. The monoisotopic (exact) mass is 510 g/mol. The molecule has 3 rings (SSSR count). The summed E-state index contributed by atoms with van der Waals surface area (Å²) in [5, 5.41) is 2.38. The lowest BCUT2D eigenvalue weighted by atomic mass is 10.1. The lowest BCUT2D eigenvalue weighted by Gasteiger charge is -2.13. The summed E-state index contributed by atoms with van der Waals surface area (Å²) in [5.41, 5.74) is 2.15. The third-order valence-corrected chi connectivity index (χ3v) is 6.49. The molecule has 3 aromatic rings. The first-order valence-corrected chi connectivity index (χ1v) is 11.4. The lowest BCUT2D eigenvalue weighted by molar-refractivity contribution is 0.102. The van der Waals surface area contributed by atoms with E-state index < -0.39 is 21.7 Å². The minimum Gasteiger partial charge on any atom is -0.319 e. The van der Waals surface area contributed by atoms with Crippen molar-refractivity contribution in [3.05, 3.63) is 86.6 Å². The Hall–Kier alpha value is -2.42. The first-order chi connectivity index (χ1) is 14.0. The van der Waals surface area contributed by atoms with Gasteiger partial charge in [-0.3, -0.25) is 9.52 Å². The molecule has 0 heterocycles. The van der Waals surface area contributed by atoms with Crippen LogP contribution in [-0.2, 0) is 10.0 Å². The van der Waals surface area contributed by atoms with Gasteiger partial charge >= 0.3 is 0 Å². The number of hydrogen-bond donors (Lipinski definition) is 2. The number of carbonyl (C=O) groups is 1. The Morgan fingerprint density at radius 2 is 1.67 bits per heavy atom. The van der Waals surface area contributed by atoms with Crippen LogP contribution in [0.3, 0.4) is 0 Å². The second-order valence-corrected chi connectivity index (χ2v) is 9.68. The van der Waals surface area contributed by atoms with Gasteiger partial charge in [-0.1, -0.05) is 33.6 Å². The topological polar surface area (TPSA) is 75.3 Å². The van der Waals surface area contributed by atoms with E-state index in [2.05, 4.69) is 26.0 Å². The quantitative estimate of drug-likeness (QED) is 0.447. The third-order valence-electron chi connectivity index (χ3n) is 4.14. The molecule has 0 aliphatic heterocycles. The summed E-state index contributed by atoms with van der Waals surface area (Å²) >= 11 is 9.24. The average molecular weight is 512 g/mol. The van der Waals surface area contributed by atoms with Gasteiger partial charge in [-0.15, -0.1) is 0 Å². The van der Waals surface area contributed by atoms with Gasteiger partial charge < -0.3 is 5.32 Å². The second-order valence-electron chi connectivity index (χ2n) is 6.71. The van der Waals surface area contributed by atoms with E-state index in [0.29, 0.717) is 10.2 Å². The van der Waals surface area contributed by atoms with Crippen molar-refractivity contribution in [2.75, 3.05) is 10.0 Å². The zero-order chi connectivity index (χ0) is 22.1. The summed E-state index contributed by atoms with van der Waals surface area (Å²) in [7, 11) is -4.06. The van der Waals surface area contributed by atoms with Crippen molar-refractivity contribution in [2.24, 2.45) is 0 Å². The van der Waals surface area contributed by atoms with Gasteiger partial charge in [-0.2, -0.15) is 0 Å². The van der Waals surface area contributed by atoms with E-state index in [1.54, 1.807) is 18.2 Å². The molecule has 0 aromatic heterocycles. The van der Waals surface area contributed by atoms with Crippen LogP contribution < -0.4 is 10.0 Å². The van der Waals surface area contributed by atoms with E-state index in [4.69, 9.17) is 11.6 Å². The molecule has 156 valence electrons. The molecule has 0 radical (unpaired) electrons. The number of aryl methyl sites for hydroxylation is 2. The molecule has 1 amide bonds. The van der Waals surface area contributed by atoms with Gasteiger partial charge in [0.15, 0.2) is 0 Å². The van der Waals surface area contributed by atoms with Gasteiger partial charge in [0.05, 0.1) is 10.7 Å². The summed E-state index contributed by atoms with van der Waals surface area (Å²) in [6, 6.07) is 13.3. The molecule has 0 aliphatic rings. The van der Waals surface area contributed by atoms with Crippen molar-refractivity contribution in [3.8, 4) is 0 Å². The summed E-state index contributed by atoms with van der Waals surface area (Å²) in [6.07, 6.45) is 0. The zero-order valence-corrected chi connectivity index (χ0v) is 19.1. The van der Waals surface area contributed by atoms with Crippen molar-refractivity contribution >= 4 is 54.8 Å². The Kier molecular flexibility index (Phi) is 6.50. The molecule has 0 bridgehead atoms. The van der Waals surface area contributed by atoms with Gasteiger partial charge in [0.2, 0.25) is 0 Å². The number of rotatable bonds is 5.